The third-order valence-electron chi connectivity index (χ3n) is 3.54. The number of hydrogen-bond donors (Lipinski definition) is 1. The molecule has 0 atom stereocenters. The van der Waals surface area contributed by atoms with Crippen LogP contribution in [0.15, 0.2) is 24.3 Å². The molecule has 0 bridgehead atoms. The van der Waals surface area contributed by atoms with Crippen LogP contribution < -0.4 is 0 Å². The molecule has 1 aliphatic carbocycles. The van der Waals surface area contributed by atoms with E-state index in [1.807, 2.05) is 12.1 Å². The molecule has 0 saturated heterocycles. The Morgan fingerprint density at radius 3 is 2.42 bits per heavy atom. The summed E-state index contributed by atoms with van der Waals surface area (Å²) in [6.45, 7) is 5.56. The normalized spacial score (nSPS) is 14.8. The lowest BCUT2D eigenvalue weighted by atomic mass is 10.1. The zero-order valence-electron chi connectivity index (χ0n) is 11.6. The molecular formula is C16H23NO2. The Kier molecular flexibility index (Phi) is 4.97. The Bertz CT molecular complexity index is 409. The van der Waals surface area contributed by atoms with Gasteiger partial charge >= 0.3 is 5.97 Å². The fourth-order valence-corrected chi connectivity index (χ4v) is 2.41. The molecule has 1 aromatic carbocycles. The van der Waals surface area contributed by atoms with Crippen molar-refractivity contribution in [1.29, 1.82) is 0 Å². The van der Waals surface area contributed by atoms with Gasteiger partial charge < -0.3 is 5.11 Å². The van der Waals surface area contributed by atoms with Crippen molar-refractivity contribution in [1.82, 2.24) is 4.90 Å². The molecule has 104 valence electrons. The average molecular weight is 261 g/mol. The van der Waals surface area contributed by atoms with Gasteiger partial charge in [0.2, 0.25) is 0 Å². The first-order chi connectivity index (χ1) is 9.17. The summed E-state index contributed by atoms with van der Waals surface area (Å²) < 4.78 is 0. The molecule has 1 N–H and O–H groups in total. The topological polar surface area (TPSA) is 40.5 Å². The standard InChI is InChI=1S/C16H23NO2/c1-2-9-17(12-15-7-8-15)11-14-5-3-13(4-6-14)10-16(18)19/h3-6,15H,2,7-12H2,1H3,(H,18,19). The minimum absolute atomic E-state index is 0.112. The molecule has 0 unspecified atom stereocenters. The van der Waals surface area contributed by atoms with Crippen molar-refractivity contribution in [3.63, 3.8) is 0 Å². The van der Waals surface area contributed by atoms with Gasteiger partial charge in [-0.3, -0.25) is 9.69 Å². The minimum Gasteiger partial charge on any atom is -0.481 e. The highest BCUT2D eigenvalue weighted by atomic mass is 16.4. The molecule has 0 spiro atoms. The molecular weight excluding hydrogens is 238 g/mol. The number of hydrogen-bond acceptors (Lipinski definition) is 2. The summed E-state index contributed by atoms with van der Waals surface area (Å²) in [5.74, 6) is 0.145. The third-order valence-corrected chi connectivity index (χ3v) is 3.54. The van der Waals surface area contributed by atoms with Crippen LogP contribution >= 0.6 is 0 Å². The average Bonchev–Trinajstić information content (AvgIpc) is 3.15. The van der Waals surface area contributed by atoms with Crippen LogP contribution in [0.25, 0.3) is 0 Å². The maximum absolute atomic E-state index is 10.6. The Hall–Kier alpha value is -1.35. The molecule has 1 saturated carbocycles. The highest BCUT2D eigenvalue weighted by molar-refractivity contribution is 5.70. The summed E-state index contributed by atoms with van der Waals surface area (Å²) >= 11 is 0. The van der Waals surface area contributed by atoms with E-state index >= 15 is 0 Å². The Morgan fingerprint density at radius 1 is 1.26 bits per heavy atom. The SMILES string of the molecule is CCCN(Cc1ccc(CC(=O)O)cc1)CC1CC1. The quantitative estimate of drug-likeness (QED) is 0.782. The van der Waals surface area contributed by atoms with Crippen LogP contribution in [0.5, 0.6) is 0 Å². The van der Waals surface area contributed by atoms with Gasteiger partial charge in [0.25, 0.3) is 0 Å². The number of nitrogens with zero attached hydrogens (tertiary/aromatic N) is 1. The number of benzene rings is 1. The van der Waals surface area contributed by atoms with Crippen LogP contribution in [0.4, 0.5) is 0 Å². The number of carboxylic acid groups (broad SMARTS) is 1. The zero-order chi connectivity index (χ0) is 13.7. The fraction of sp³-hybridized carbons (Fsp3) is 0.562. The Balaban J connectivity index is 1.90. The molecule has 0 aliphatic heterocycles. The molecule has 0 aromatic heterocycles. The van der Waals surface area contributed by atoms with Crippen LogP contribution in [-0.4, -0.2) is 29.1 Å². The fourth-order valence-electron chi connectivity index (χ4n) is 2.41. The van der Waals surface area contributed by atoms with Gasteiger partial charge in [0.15, 0.2) is 0 Å². The first-order valence-corrected chi connectivity index (χ1v) is 7.19. The molecule has 19 heavy (non-hydrogen) atoms. The minimum atomic E-state index is -0.769. The number of carbonyl (C=O) groups is 1. The van der Waals surface area contributed by atoms with Gasteiger partial charge in [-0.25, -0.2) is 0 Å². The van der Waals surface area contributed by atoms with E-state index in [9.17, 15) is 4.79 Å². The van der Waals surface area contributed by atoms with Gasteiger partial charge in [-0.1, -0.05) is 31.2 Å². The van der Waals surface area contributed by atoms with Crippen LogP contribution in [0.1, 0.15) is 37.3 Å². The molecule has 3 nitrogen and oxygen atoms in total. The molecule has 0 amide bonds. The number of rotatable bonds is 8. The van der Waals surface area contributed by atoms with E-state index in [-0.39, 0.29) is 6.42 Å². The van der Waals surface area contributed by atoms with Crippen molar-refractivity contribution in [3.8, 4) is 0 Å². The number of carboxylic acids is 1. The van der Waals surface area contributed by atoms with Gasteiger partial charge in [0, 0.05) is 13.1 Å². The molecule has 1 aliphatic rings. The van der Waals surface area contributed by atoms with E-state index in [0.717, 1.165) is 24.6 Å². The van der Waals surface area contributed by atoms with Gasteiger partial charge in [0.05, 0.1) is 6.42 Å². The van der Waals surface area contributed by atoms with Gasteiger partial charge in [-0.2, -0.15) is 0 Å². The van der Waals surface area contributed by atoms with E-state index < -0.39 is 5.97 Å². The highest BCUT2D eigenvalue weighted by Crippen LogP contribution is 2.30. The van der Waals surface area contributed by atoms with E-state index in [0.29, 0.717) is 0 Å². The van der Waals surface area contributed by atoms with Crippen molar-refractivity contribution in [2.24, 2.45) is 5.92 Å². The zero-order valence-corrected chi connectivity index (χ0v) is 11.6. The lowest BCUT2D eigenvalue weighted by molar-refractivity contribution is -0.136. The third kappa shape index (κ3) is 5.03. The van der Waals surface area contributed by atoms with Gasteiger partial charge in [-0.15, -0.1) is 0 Å². The molecule has 2 rings (SSSR count). The molecule has 3 heteroatoms. The number of aliphatic carboxylic acids is 1. The molecule has 0 heterocycles. The molecule has 1 fully saturated rings. The summed E-state index contributed by atoms with van der Waals surface area (Å²) in [6, 6.07) is 8.00. The summed E-state index contributed by atoms with van der Waals surface area (Å²) in [7, 11) is 0. The summed E-state index contributed by atoms with van der Waals surface area (Å²) in [4.78, 5) is 13.2. The van der Waals surface area contributed by atoms with Crippen LogP contribution in [0.2, 0.25) is 0 Å². The Labute approximate surface area is 115 Å². The van der Waals surface area contributed by atoms with Crippen molar-refractivity contribution in [2.45, 2.75) is 39.2 Å². The Morgan fingerprint density at radius 2 is 1.89 bits per heavy atom. The summed E-state index contributed by atoms with van der Waals surface area (Å²) in [5.41, 5.74) is 2.16. The first-order valence-electron chi connectivity index (χ1n) is 7.19. The van der Waals surface area contributed by atoms with Gasteiger partial charge in [-0.05, 0) is 42.9 Å². The van der Waals surface area contributed by atoms with Crippen molar-refractivity contribution < 1.29 is 9.90 Å². The summed E-state index contributed by atoms with van der Waals surface area (Å²) in [5, 5.41) is 8.75. The summed E-state index contributed by atoms with van der Waals surface area (Å²) in [6.07, 6.45) is 4.07. The van der Waals surface area contributed by atoms with Crippen molar-refractivity contribution in [3.05, 3.63) is 35.4 Å². The van der Waals surface area contributed by atoms with Crippen LogP contribution in [-0.2, 0) is 17.8 Å². The largest absolute Gasteiger partial charge is 0.481 e. The predicted molar refractivity (Wildman–Crippen MR) is 76.1 cm³/mol. The van der Waals surface area contributed by atoms with E-state index in [2.05, 4.69) is 24.0 Å². The monoisotopic (exact) mass is 261 g/mol. The second-order valence-electron chi connectivity index (χ2n) is 5.57. The van der Waals surface area contributed by atoms with E-state index in [1.165, 1.54) is 31.4 Å². The van der Waals surface area contributed by atoms with Crippen molar-refractivity contribution >= 4 is 5.97 Å². The van der Waals surface area contributed by atoms with Gasteiger partial charge in [0.1, 0.15) is 0 Å². The lowest BCUT2D eigenvalue weighted by Gasteiger charge is -2.21. The molecule has 1 aromatic rings. The van der Waals surface area contributed by atoms with Crippen molar-refractivity contribution in [2.75, 3.05) is 13.1 Å². The lowest BCUT2D eigenvalue weighted by Crippen LogP contribution is -2.26. The van der Waals surface area contributed by atoms with Crippen LogP contribution in [0.3, 0.4) is 0 Å². The smallest absolute Gasteiger partial charge is 0.307 e. The van der Waals surface area contributed by atoms with E-state index in [4.69, 9.17) is 5.11 Å². The van der Waals surface area contributed by atoms with Crippen LogP contribution in [0, 0.1) is 5.92 Å². The molecule has 0 radical (unpaired) electrons. The highest BCUT2D eigenvalue weighted by Gasteiger charge is 2.23. The maximum atomic E-state index is 10.6. The second-order valence-corrected chi connectivity index (χ2v) is 5.57. The second kappa shape index (κ2) is 6.71. The predicted octanol–water partition coefficient (Wildman–Crippen LogP) is 2.94. The first kappa shape index (κ1) is 14.1. The van der Waals surface area contributed by atoms with E-state index in [1.54, 1.807) is 0 Å². The maximum Gasteiger partial charge on any atom is 0.307 e.